The normalized spacial score (nSPS) is 15.6. The van der Waals surface area contributed by atoms with Gasteiger partial charge in [-0.2, -0.15) is 0 Å². The lowest BCUT2D eigenvalue weighted by Gasteiger charge is -2.18. The lowest BCUT2D eigenvalue weighted by molar-refractivity contribution is -0.138. The van der Waals surface area contributed by atoms with E-state index in [1.165, 1.54) is 4.90 Å². The highest BCUT2D eigenvalue weighted by atomic mass is 79.9. The third kappa shape index (κ3) is 3.99. The second kappa shape index (κ2) is 8.11. The zero-order valence-electron chi connectivity index (χ0n) is 14.8. The summed E-state index contributed by atoms with van der Waals surface area (Å²) in [6.07, 6.45) is 1.69. The monoisotopic (exact) mass is 445 g/mol. The van der Waals surface area contributed by atoms with E-state index in [2.05, 4.69) is 15.9 Å². The molecule has 0 saturated carbocycles. The van der Waals surface area contributed by atoms with Crippen molar-refractivity contribution in [3.63, 3.8) is 0 Å². The van der Waals surface area contributed by atoms with Crippen LogP contribution < -0.4 is 4.90 Å². The molecule has 0 bridgehead atoms. The van der Waals surface area contributed by atoms with Crippen LogP contribution in [0.15, 0.2) is 69.8 Å². The summed E-state index contributed by atoms with van der Waals surface area (Å²) >= 11 is 9.32. The Bertz CT molecular complexity index is 946. The summed E-state index contributed by atoms with van der Waals surface area (Å²) in [5, 5.41) is 0.601. The molecule has 27 heavy (non-hydrogen) atoms. The molecule has 0 aliphatic carbocycles. The van der Waals surface area contributed by atoms with Crippen molar-refractivity contribution >= 4 is 51.2 Å². The Morgan fingerprint density at radius 1 is 1.15 bits per heavy atom. The van der Waals surface area contributed by atoms with E-state index in [1.54, 1.807) is 44.2 Å². The number of amides is 1. The Morgan fingerprint density at radius 3 is 2.37 bits per heavy atom. The van der Waals surface area contributed by atoms with E-state index in [0.717, 1.165) is 10.0 Å². The fourth-order valence-electron chi connectivity index (χ4n) is 2.91. The minimum Gasteiger partial charge on any atom is -0.462 e. The van der Waals surface area contributed by atoms with Crippen LogP contribution in [0, 0.1) is 0 Å². The second-order valence-corrected chi connectivity index (χ2v) is 7.26. The molecule has 138 valence electrons. The SMILES string of the molecule is CCOC(=O)C1=C(C)N(c2ccc(Br)cc2)C(=O)C1=Cc1ccc(Cl)cc1. The van der Waals surface area contributed by atoms with Crippen molar-refractivity contribution in [1.29, 1.82) is 0 Å². The van der Waals surface area contributed by atoms with Gasteiger partial charge in [0.2, 0.25) is 0 Å². The van der Waals surface area contributed by atoms with E-state index < -0.39 is 5.97 Å². The summed E-state index contributed by atoms with van der Waals surface area (Å²) in [7, 11) is 0. The lowest BCUT2D eigenvalue weighted by Crippen LogP contribution is -2.24. The number of carbonyl (C=O) groups excluding carboxylic acids is 2. The fraction of sp³-hybridized carbons (Fsp3) is 0.143. The Kier molecular flexibility index (Phi) is 5.82. The Labute approximate surface area is 171 Å². The van der Waals surface area contributed by atoms with Crippen molar-refractivity contribution in [2.45, 2.75) is 13.8 Å². The first kappa shape index (κ1) is 19.4. The first-order chi connectivity index (χ1) is 12.9. The third-order valence-corrected chi connectivity index (χ3v) is 4.93. The number of esters is 1. The molecule has 0 radical (unpaired) electrons. The largest absolute Gasteiger partial charge is 0.462 e. The molecule has 0 aromatic heterocycles. The zero-order chi connectivity index (χ0) is 19.6. The van der Waals surface area contributed by atoms with Crippen LogP contribution >= 0.6 is 27.5 Å². The summed E-state index contributed by atoms with van der Waals surface area (Å²) in [5.74, 6) is -0.781. The molecular weight excluding hydrogens is 430 g/mol. The van der Waals surface area contributed by atoms with Gasteiger partial charge in [0.1, 0.15) is 0 Å². The van der Waals surface area contributed by atoms with E-state index in [9.17, 15) is 9.59 Å². The highest BCUT2D eigenvalue weighted by Crippen LogP contribution is 2.36. The van der Waals surface area contributed by atoms with Crippen LogP contribution in [0.4, 0.5) is 5.69 Å². The number of ether oxygens (including phenoxy) is 1. The molecule has 1 heterocycles. The zero-order valence-corrected chi connectivity index (χ0v) is 17.2. The van der Waals surface area contributed by atoms with E-state index >= 15 is 0 Å². The van der Waals surface area contributed by atoms with Crippen LogP contribution in [0.5, 0.6) is 0 Å². The van der Waals surface area contributed by atoms with Gasteiger partial charge in [0.05, 0.1) is 17.8 Å². The van der Waals surface area contributed by atoms with Gasteiger partial charge in [0.25, 0.3) is 5.91 Å². The molecule has 0 spiro atoms. The fourth-order valence-corrected chi connectivity index (χ4v) is 3.30. The number of benzene rings is 2. The predicted octanol–water partition coefficient (Wildman–Crippen LogP) is 5.37. The van der Waals surface area contributed by atoms with Crippen molar-refractivity contribution in [2.24, 2.45) is 0 Å². The molecular formula is C21H17BrClNO3. The summed E-state index contributed by atoms with van der Waals surface area (Å²) in [6.45, 7) is 3.71. The van der Waals surface area contributed by atoms with Gasteiger partial charge in [-0.05, 0) is 61.9 Å². The topological polar surface area (TPSA) is 46.6 Å². The van der Waals surface area contributed by atoms with Gasteiger partial charge in [0, 0.05) is 20.9 Å². The van der Waals surface area contributed by atoms with Crippen molar-refractivity contribution in [1.82, 2.24) is 0 Å². The van der Waals surface area contributed by atoms with E-state index in [0.29, 0.717) is 22.0 Å². The van der Waals surface area contributed by atoms with Crippen LogP contribution in [0.2, 0.25) is 5.02 Å². The quantitative estimate of drug-likeness (QED) is 0.468. The van der Waals surface area contributed by atoms with Gasteiger partial charge in [-0.25, -0.2) is 4.79 Å². The number of nitrogens with zero attached hydrogens (tertiary/aromatic N) is 1. The number of rotatable bonds is 4. The maximum Gasteiger partial charge on any atom is 0.340 e. The van der Waals surface area contributed by atoms with E-state index in [4.69, 9.17) is 16.3 Å². The highest BCUT2D eigenvalue weighted by Gasteiger charge is 2.38. The molecule has 1 amide bonds. The average molecular weight is 447 g/mol. The minimum absolute atomic E-state index is 0.232. The molecule has 3 rings (SSSR count). The van der Waals surface area contributed by atoms with Gasteiger partial charge < -0.3 is 4.74 Å². The first-order valence-corrected chi connectivity index (χ1v) is 9.55. The maximum atomic E-state index is 13.2. The maximum absolute atomic E-state index is 13.2. The summed E-state index contributed by atoms with van der Waals surface area (Å²) < 4.78 is 6.09. The number of carbonyl (C=O) groups is 2. The molecule has 0 saturated heterocycles. The standard InChI is InChI=1S/C21H17BrClNO3/c1-3-27-21(26)19-13(2)24(17-10-6-15(22)7-11-17)20(25)18(19)12-14-4-8-16(23)9-5-14/h4-12H,3H2,1-2H3. The van der Waals surface area contributed by atoms with Gasteiger partial charge in [0.15, 0.2) is 0 Å². The van der Waals surface area contributed by atoms with E-state index in [1.807, 2.05) is 24.3 Å². The van der Waals surface area contributed by atoms with Gasteiger partial charge in [-0.3, -0.25) is 9.69 Å². The molecule has 1 aliphatic heterocycles. The number of hydrogen-bond donors (Lipinski definition) is 0. The summed E-state index contributed by atoms with van der Waals surface area (Å²) in [5.41, 5.74) is 2.58. The third-order valence-electron chi connectivity index (χ3n) is 4.15. The van der Waals surface area contributed by atoms with Crippen molar-refractivity contribution in [3.05, 3.63) is 80.4 Å². The smallest absolute Gasteiger partial charge is 0.340 e. The van der Waals surface area contributed by atoms with Gasteiger partial charge in [-0.15, -0.1) is 0 Å². The molecule has 1 aliphatic rings. The number of hydrogen-bond acceptors (Lipinski definition) is 3. The average Bonchev–Trinajstić information content (AvgIpc) is 2.88. The minimum atomic E-state index is -0.511. The second-order valence-electron chi connectivity index (χ2n) is 5.91. The number of allylic oxidation sites excluding steroid dienone is 1. The summed E-state index contributed by atoms with van der Waals surface area (Å²) in [6, 6.07) is 14.4. The van der Waals surface area contributed by atoms with Crippen molar-refractivity contribution in [3.8, 4) is 0 Å². The van der Waals surface area contributed by atoms with E-state index in [-0.39, 0.29) is 18.1 Å². The Morgan fingerprint density at radius 2 is 1.78 bits per heavy atom. The molecule has 6 heteroatoms. The predicted molar refractivity (Wildman–Crippen MR) is 110 cm³/mol. The van der Waals surface area contributed by atoms with Crippen molar-refractivity contribution < 1.29 is 14.3 Å². The molecule has 2 aromatic rings. The Balaban J connectivity index is 2.11. The van der Waals surface area contributed by atoms with Crippen LogP contribution in [0.1, 0.15) is 19.4 Å². The molecule has 0 N–H and O–H groups in total. The molecule has 4 nitrogen and oxygen atoms in total. The van der Waals surface area contributed by atoms with Gasteiger partial charge >= 0.3 is 5.97 Å². The number of halogens is 2. The molecule has 0 unspecified atom stereocenters. The van der Waals surface area contributed by atoms with Crippen LogP contribution in [0.25, 0.3) is 6.08 Å². The van der Waals surface area contributed by atoms with Crippen LogP contribution in [0.3, 0.4) is 0 Å². The van der Waals surface area contributed by atoms with Crippen LogP contribution in [-0.2, 0) is 14.3 Å². The molecule has 0 fully saturated rings. The number of anilines is 1. The van der Waals surface area contributed by atoms with Crippen molar-refractivity contribution in [2.75, 3.05) is 11.5 Å². The lowest BCUT2D eigenvalue weighted by atomic mass is 10.0. The van der Waals surface area contributed by atoms with Gasteiger partial charge in [-0.1, -0.05) is 39.7 Å². The van der Waals surface area contributed by atoms with Crippen LogP contribution in [-0.4, -0.2) is 18.5 Å². The summed E-state index contributed by atoms with van der Waals surface area (Å²) in [4.78, 5) is 27.2. The first-order valence-electron chi connectivity index (χ1n) is 8.38. The highest BCUT2D eigenvalue weighted by molar-refractivity contribution is 9.10. The molecule has 2 aromatic carbocycles. The Hall–Kier alpha value is -2.37. The molecule has 0 atom stereocenters.